The van der Waals surface area contributed by atoms with E-state index >= 15 is 0 Å². The lowest BCUT2D eigenvalue weighted by Crippen LogP contribution is -2.29. The molecule has 0 aliphatic heterocycles. The normalized spacial score (nSPS) is 11.4. The number of nitrogens with zero attached hydrogens (tertiary/aromatic N) is 1. The van der Waals surface area contributed by atoms with Crippen LogP contribution in [0.15, 0.2) is 24.3 Å². The number of rotatable bonds is 7. The predicted octanol–water partition coefficient (Wildman–Crippen LogP) is 1.38. The topological polar surface area (TPSA) is 74.2 Å². The number of hydrogen-bond donors (Lipinski definition) is 2. The van der Waals surface area contributed by atoms with Crippen molar-refractivity contribution in [3.8, 4) is 11.8 Å². The summed E-state index contributed by atoms with van der Waals surface area (Å²) in [7, 11) is 1.89. The molecule has 0 saturated heterocycles. The lowest BCUT2D eigenvalue weighted by molar-refractivity contribution is -0.123. The summed E-state index contributed by atoms with van der Waals surface area (Å²) in [5.41, 5.74) is 1.10. The van der Waals surface area contributed by atoms with Gasteiger partial charge in [0.25, 0.3) is 5.91 Å². The fraction of sp³-hybridized carbons (Fsp3) is 0.429. The molecule has 0 saturated carbocycles. The first-order chi connectivity index (χ1) is 9.17. The summed E-state index contributed by atoms with van der Waals surface area (Å²) in [4.78, 5) is 11.4. The third-order valence-electron chi connectivity index (χ3n) is 2.72. The average molecular weight is 261 g/mol. The smallest absolute Gasteiger partial charge is 0.257 e. The van der Waals surface area contributed by atoms with Crippen molar-refractivity contribution in [2.45, 2.75) is 19.4 Å². The molecule has 0 heterocycles. The second-order valence-corrected chi connectivity index (χ2v) is 4.13. The van der Waals surface area contributed by atoms with E-state index in [1.807, 2.05) is 44.3 Å². The molecule has 19 heavy (non-hydrogen) atoms. The first-order valence-corrected chi connectivity index (χ1v) is 6.21. The van der Waals surface area contributed by atoms with Gasteiger partial charge in [-0.2, -0.15) is 5.26 Å². The van der Waals surface area contributed by atoms with Gasteiger partial charge in [0.1, 0.15) is 5.75 Å². The molecule has 0 fully saturated rings. The zero-order chi connectivity index (χ0) is 14.1. The third-order valence-corrected chi connectivity index (χ3v) is 2.72. The Labute approximate surface area is 113 Å². The standard InChI is InChI=1S/C14H19N3O2/c1-11(16-2)12-5-3-6-13(9-12)19-10-14(18)17-8-4-7-15/h3,5-6,9,11,16H,4,8,10H2,1-2H3,(H,17,18). The van der Waals surface area contributed by atoms with Crippen LogP contribution in [0.2, 0.25) is 0 Å². The van der Waals surface area contributed by atoms with Crippen LogP contribution in [0.4, 0.5) is 0 Å². The van der Waals surface area contributed by atoms with Crippen LogP contribution < -0.4 is 15.4 Å². The highest BCUT2D eigenvalue weighted by atomic mass is 16.5. The number of ether oxygens (including phenoxy) is 1. The minimum Gasteiger partial charge on any atom is -0.484 e. The molecule has 1 unspecified atom stereocenters. The SMILES string of the molecule is CNC(C)c1cccc(OCC(=O)NCCC#N)c1. The van der Waals surface area contributed by atoms with Crippen LogP contribution in [-0.4, -0.2) is 26.1 Å². The van der Waals surface area contributed by atoms with Gasteiger partial charge in [-0.25, -0.2) is 0 Å². The maximum atomic E-state index is 11.4. The van der Waals surface area contributed by atoms with Crippen LogP contribution in [-0.2, 0) is 4.79 Å². The average Bonchev–Trinajstić information content (AvgIpc) is 2.45. The Morgan fingerprint density at radius 2 is 2.32 bits per heavy atom. The second kappa shape index (κ2) is 8.11. The van der Waals surface area contributed by atoms with E-state index in [4.69, 9.17) is 10.00 Å². The fourth-order valence-corrected chi connectivity index (χ4v) is 1.50. The van der Waals surface area contributed by atoms with Gasteiger partial charge in [0.2, 0.25) is 0 Å². The molecule has 1 aromatic carbocycles. The minimum absolute atomic E-state index is 0.0389. The molecule has 1 rings (SSSR count). The van der Waals surface area contributed by atoms with E-state index in [0.29, 0.717) is 18.7 Å². The Morgan fingerprint density at radius 1 is 1.53 bits per heavy atom. The zero-order valence-electron chi connectivity index (χ0n) is 11.3. The Hall–Kier alpha value is -2.06. The van der Waals surface area contributed by atoms with E-state index < -0.39 is 0 Å². The Kier molecular flexibility index (Phi) is 6.41. The molecule has 0 radical (unpaired) electrons. The van der Waals surface area contributed by atoms with Crippen molar-refractivity contribution in [1.29, 1.82) is 5.26 Å². The highest BCUT2D eigenvalue weighted by Gasteiger charge is 2.05. The van der Waals surface area contributed by atoms with E-state index in [1.165, 1.54) is 0 Å². The Balaban J connectivity index is 2.45. The first-order valence-electron chi connectivity index (χ1n) is 6.21. The van der Waals surface area contributed by atoms with E-state index in [2.05, 4.69) is 10.6 Å². The summed E-state index contributed by atoms with van der Waals surface area (Å²) in [5.74, 6) is 0.442. The van der Waals surface area contributed by atoms with Gasteiger partial charge in [0, 0.05) is 12.6 Å². The van der Waals surface area contributed by atoms with Gasteiger partial charge in [-0.05, 0) is 31.7 Å². The van der Waals surface area contributed by atoms with Crippen molar-refractivity contribution in [2.75, 3.05) is 20.2 Å². The van der Waals surface area contributed by atoms with Gasteiger partial charge in [0.05, 0.1) is 12.5 Å². The number of nitriles is 1. The molecule has 102 valence electrons. The van der Waals surface area contributed by atoms with Crippen LogP contribution >= 0.6 is 0 Å². The maximum Gasteiger partial charge on any atom is 0.257 e. The Bertz CT molecular complexity index is 454. The number of carbonyl (C=O) groups is 1. The lowest BCUT2D eigenvalue weighted by Gasteiger charge is -2.12. The number of hydrogen-bond acceptors (Lipinski definition) is 4. The van der Waals surface area contributed by atoms with Crippen molar-refractivity contribution in [1.82, 2.24) is 10.6 Å². The van der Waals surface area contributed by atoms with Crippen molar-refractivity contribution < 1.29 is 9.53 Å². The number of benzene rings is 1. The van der Waals surface area contributed by atoms with Crippen molar-refractivity contribution in [2.24, 2.45) is 0 Å². The van der Waals surface area contributed by atoms with Crippen LogP contribution in [0.1, 0.15) is 24.9 Å². The van der Waals surface area contributed by atoms with Gasteiger partial charge in [-0.3, -0.25) is 4.79 Å². The van der Waals surface area contributed by atoms with Gasteiger partial charge in [0.15, 0.2) is 6.61 Å². The molecular weight excluding hydrogens is 242 g/mol. The number of nitrogens with one attached hydrogen (secondary N) is 2. The van der Waals surface area contributed by atoms with Gasteiger partial charge in [-0.1, -0.05) is 12.1 Å². The fourth-order valence-electron chi connectivity index (χ4n) is 1.50. The number of carbonyl (C=O) groups excluding carboxylic acids is 1. The van der Waals surface area contributed by atoms with Crippen molar-refractivity contribution in [3.63, 3.8) is 0 Å². The molecule has 0 aliphatic rings. The molecule has 0 spiro atoms. The molecule has 0 bridgehead atoms. The molecule has 1 amide bonds. The molecule has 0 aliphatic carbocycles. The highest BCUT2D eigenvalue weighted by Crippen LogP contribution is 2.18. The zero-order valence-corrected chi connectivity index (χ0v) is 11.3. The minimum atomic E-state index is -0.220. The Morgan fingerprint density at radius 3 is 3.00 bits per heavy atom. The van der Waals surface area contributed by atoms with E-state index in [0.717, 1.165) is 5.56 Å². The number of amides is 1. The highest BCUT2D eigenvalue weighted by molar-refractivity contribution is 5.77. The third kappa shape index (κ3) is 5.40. The van der Waals surface area contributed by atoms with Crippen molar-refractivity contribution >= 4 is 5.91 Å². The second-order valence-electron chi connectivity index (χ2n) is 4.13. The summed E-state index contributed by atoms with van der Waals surface area (Å²) < 4.78 is 5.41. The molecule has 2 N–H and O–H groups in total. The molecule has 0 aromatic heterocycles. The van der Waals surface area contributed by atoms with E-state index in [1.54, 1.807) is 0 Å². The van der Waals surface area contributed by atoms with Crippen LogP contribution in [0.25, 0.3) is 0 Å². The summed E-state index contributed by atoms with van der Waals surface area (Å²) in [5, 5.41) is 14.1. The van der Waals surface area contributed by atoms with Gasteiger partial charge in [-0.15, -0.1) is 0 Å². The summed E-state index contributed by atoms with van der Waals surface area (Å²) in [6.45, 7) is 2.37. The molecular formula is C14H19N3O2. The van der Waals surface area contributed by atoms with Crippen molar-refractivity contribution in [3.05, 3.63) is 29.8 Å². The van der Waals surface area contributed by atoms with Crippen LogP contribution in [0, 0.1) is 11.3 Å². The summed E-state index contributed by atoms with van der Waals surface area (Å²) in [6, 6.07) is 9.81. The van der Waals surface area contributed by atoms with Crippen LogP contribution in [0.5, 0.6) is 5.75 Å². The van der Waals surface area contributed by atoms with Gasteiger partial charge < -0.3 is 15.4 Å². The van der Waals surface area contributed by atoms with Crippen LogP contribution in [0.3, 0.4) is 0 Å². The molecule has 5 heteroatoms. The molecule has 1 aromatic rings. The van der Waals surface area contributed by atoms with E-state index in [9.17, 15) is 4.79 Å². The summed E-state index contributed by atoms with van der Waals surface area (Å²) >= 11 is 0. The molecule has 1 atom stereocenters. The molecule has 5 nitrogen and oxygen atoms in total. The largest absolute Gasteiger partial charge is 0.484 e. The quantitative estimate of drug-likeness (QED) is 0.727. The van der Waals surface area contributed by atoms with Gasteiger partial charge >= 0.3 is 0 Å². The first kappa shape index (κ1) is 15.0. The predicted molar refractivity (Wildman–Crippen MR) is 72.7 cm³/mol. The maximum absolute atomic E-state index is 11.4. The summed E-state index contributed by atoms with van der Waals surface area (Å²) in [6.07, 6.45) is 0.306. The van der Waals surface area contributed by atoms with E-state index in [-0.39, 0.29) is 18.6 Å². The lowest BCUT2D eigenvalue weighted by atomic mass is 10.1. The monoisotopic (exact) mass is 261 g/mol.